The number of piperazine rings is 1. The molecule has 2 nitrogen and oxygen atoms in total. The number of hydrogen-bond acceptors (Lipinski definition) is 2. The van der Waals surface area contributed by atoms with Crippen LogP contribution in [0.15, 0.2) is 30.9 Å². The second-order valence-corrected chi connectivity index (χ2v) is 4.47. The number of benzene rings is 1. The smallest absolute Gasteiger partial charge is 0.123 e. The standard InChI is InChI=1S/C14H19FN2.2ClH/c1-3-14(17-8-6-16-7-9-17)13-5-4-12(15)10-11(13)2;;/h3-5,10,14,16H,1,6-9H2,2H3;2*1H/t14-;;/m0../s1. The number of rotatable bonds is 3. The van der Waals surface area contributed by atoms with Gasteiger partial charge in [0.15, 0.2) is 0 Å². The number of halogens is 3. The van der Waals surface area contributed by atoms with Crippen LogP contribution < -0.4 is 5.32 Å². The minimum atomic E-state index is -0.172. The summed E-state index contributed by atoms with van der Waals surface area (Å²) in [4.78, 5) is 2.38. The summed E-state index contributed by atoms with van der Waals surface area (Å²) >= 11 is 0. The van der Waals surface area contributed by atoms with E-state index in [2.05, 4.69) is 16.8 Å². The Hall–Kier alpha value is -0.610. The molecule has 5 heteroatoms. The molecule has 19 heavy (non-hydrogen) atoms. The second-order valence-electron chi connectivity index (χ2n) is 4.47. The summed E-state index contributed by atoms with van der Waals surface area (Å²) in [5.74, 6) is -0.172. The zero-order valence-corrected chi connectivity index (χ0v) is 12.7. The van der Waals surface area contributed by atoms with E-state index in [1.807, 2.05) is 19.1 Å². The van der Waals surface area contributed by atoms with Crippen LogP contribution in [0.4, 0.5) is 4.39 Å². The summed E-state index contributed by atoms with van der Waals surface area (Å²) in [6, 6.07) is 5.19. The number of hydrogen-bond donors (Lipinski definition) is 1. The molecule has 1 aromatic carbocycles. The quantitative estimate of drug-likeness (QED) is 0.863. The fraction of sp³-hybridized carbons (Fsp3) is 0.429. The maximum Gasteiger partial charge on any atom is 0.123 e. The van der Waals surface area contributed by atoms with E-state index in [1.165, 1.54) is 6.07 Å². The van der Waals surface area contributed by atoms with E-state index in [0.717, 1.165) is 37.3 Å². The van der Waals surface area contributed by atoms with Crippen LogP contribution in [0, 0.1) is 12.7 Å². The van der Waals surface area contributed by atoms with Crippen molar-refractivity contribution in [3.05, 3.63) is 47.8 Å². The van der Waals surface area contributed by atoms with Crippen LogP contribution in [0.25, 0.3) is 0 Å². The molecule has 0 amide bonds. The SMILES string of the molecule is C=C[C@@H](c1ccc(F)cc1C)N1CCNCC1.Cl.Cl. The Bertz CT molecular complexity index is 406. The molecule has 0 unspecified atom stereocenters. The van der Waals surface area contributed by atoms with E-state index in [0.29, 0.717) is 0 Å². The monoisotopic (exact) mass is 306 g/mol. The molecule has 1 saturated heterocycles. The third-order valence-corrected chi connectivity index (χ3v) is 3.32. The second kappa shape index (κ2) is 8.54. The summed E-state index contributed by atoms with van der Waals surface area (Å²) in [5.41, 5.74) is 2.15. The summed E-state index contributed by atoms with van der Waals surface area (Å²) in [6.45, 7) is 9.90. The van der Waals surface area contributed by atoms with Gasteiger partial charge < -0.3 is 5.32 Å². The van der Waals surface area contributed by atoms with Crippen molar-refractivity contribution in [2.24, 2.45) is 0 Å². The van der Waals surface area contributed by atoms with Crippen LogP contribution in [0.2, 0.25) is 0 Å². The van der Waals surface area contributed by atoms with Gasteiger partial charge in [-0.2, -0.15) is 0 Å². The lowest BCUT2D eigenvalue weighted by Gasteiger charge is -2.34. The predicted molar refractivity (Wildman–Crippen MR) is 83.0 cm³/mol. The highest BCUT2D eigenvalue weighted by molar-refractivity contribution is 5.85. The van der Waals surface area contributed by atoms with Crippen molar-refractivity contribution < 1.29 is 4.39 Å². The summed E-state index contributed by atoms with van der Waals surface area (Å²) in [6.07, 6.45) is 1.95. The average Bonchev–Trinajstić information content (AvgIpc) is 2.34. The molecule has 1 aliphatic heterocycles. The molecular formula is C14H21Cl2FN2. The predicted octanol–water partition coefficient (Wildman–Crippen LogP) is 3.11. The highest BCUT2D eigenvalue weighted by Crippen LogP contribution is 2.25. The highest BCUT2D eigenvalue weighted by atomic mass is 35.5. The first-order valence-corrected chi connectivity index (χ1v) is 6.06. The van der Waals surface area contributed by atoms with Crippen molar-refractivity contribution in [1.29, 1.82) is 0 Å². The van der Waals surface area contributed by atoms with Crippen molar-refractivity contribution in [2.75, 3.05) is 26.2 Å². The fourth-order valence-electron chi connectivity index (χ4n) is 2.40. The Morgan fingerprint density at radius 1 is 1.32 bits per heavy atom. The first-order valence-electron chi connectivity index (χ1n) is 6.06. The topological polar surface area (TPSA) is 15.3 Å². The Kier molecular flexibility index (Phi) is 8.26. The summed E-state index contributed by atoms with van der Waals surface area (Å²) in [5, 5.41) is 3.33. The molecule has 0 aromatic heterocycles. The molecule has 2 rings (SSSR count). The molecule has 1 fully saturated rings. The van der Waals surface area contributed by atoms with Gasteiger partial charge in [0, 0.05) is 26.2 Å². The minimum Gasteiger partial charge on any atom is -0.314 e. The van der Waals surface area contributed by atoms with Crippen LogP contribution in [0.5, 0.6) is 0 Å². The van der Waals surface area contributed by atoms with Crippen molar-refractivity contribution in [3.63, 3.8) is 0 Å². The molecule has 0 spiro atoms. The van der Waals surface area contributed by atoms with Gasteiger partial charge in [-0.3, -0.25) is 4.90 Å². The molecular weight excluding hydrogens is 286 g/mol. The largest absolute Gasteiger partial charge is 0.314 e. The minimum absolute atomic E-state index is 0. The van der Waals surface area contributed by atoms with E-state index in [9.17, 15) is 4.39 Å². The third-order valence-electron chi connectivity index (χ3n) is 3.32. The van der Waals surface area contributed by atoms with E-state index < -0.39 is 0 Å². The van der Waals surface area contributed by atoms with Gasteiger partial charge in [0.2, 0.25) is 0 Å². The lowest BCUT2D eigenvalue weighted by molar-refractivity contribution is 0.203. The van der Waals surface area contributed by atoms with Gasteiger partial charge in [-0.1, -0.05) is 12.1 Å². The first kappa shape index (κ1) is 18.4. The maximum atomic E-state index is 13.1. The molecule has 1 atom stereocenters. The van der Waals surface area contributed by atoms with Crippen LogP contribution in [-0.4, -0.2) is 31.1 Å². The summed E-state index contributed by atoms with van der Waals surface area (Å²) < 4.78 is 13.1. The van der Waals surface area contributed by atoms with Crippen molar-refractivity contribution >= 4 is 24.8 Å². The Morgan fingerprint density at radius 2 is 1.95 bits per heavy atom. The Morgan fingerprint density at radius 3 is 2.47 bits per heavy atom. The van der Waals surface area contributed by atoms with Crippen molar-refractivity contribution in [2.45, 2.75) is 13.0 Å². The average molecular weight is 307 g/mol. The van der Waals surface area contributed by atoms with Gasteiger partial charge in [-0.05, 0) is 30.2 Å². The molecule has 0 aliphatic carbocycles. The molecule has 108 valence electrons. The van der Waals surface area contributed by atoms with Gasteiger partial charge in [0.25, 0.3) is 0 Å². The fourth-order valence-corrected chi connectivity index (χ4v) is 2.40. The van der Waals surface area contributed by atoms with E-state index in [4.69, 9.17) is 0 Å². The van der Waals surface area contributed by atoms with Gasteiger partial charge in [-0.25, -0.2) is 4.39 Å². The zero-order chi connectivity index (χ0) is 12.3. The molecule has 0 bridgehead atoms. The lowest BCUT2D eigenvalue weighted by Crippen LogP contribution is -2.44. The molecule has 1 aliphatic rings. The normalized spacial score (nSPS) is 16.9. The van der Waals surface area contributed by atoms with Gasteiger partial charge in [-0.15, -0.1) is 31.4 Å². The third kappa shape index (κ3) is 4.46. The molecule has 1 N–H and O–H groups in total. The van der Waals surface area contributed by atoms with Gasteiger partial charge in [0.1, 0.15) is 5.82 Å². The van der Waals surface area contributed by atoms with Crippen LogP contribution in [-0.2, 0) is 0 Å². The van der Waals surface area contributed by atoms with Crippen molar-refractivity contribution in [3.8, 4) is 0 Å². The van der Waals surface area contributed by atoms with Gasteiger partial charge in [0.05, 0.1) is 6.04 Å². The highest BCUT2D eigenvalue weighted by Gasteiger charge is 2.20. The van der Waals surface area contributed by atoms with Gasteiger partial charge >= 0.3 is 0 Å². The van der Waals surface area contributed by atoms with E-state index >= 15 is 0 Å². The van der Waals surface area contributed by atoms with Crippen LogP contribution >= 0.6 is 24.8 Å². The number of aryl methyl sites for hydroxylation is 1. The zero-order valence-electron chi connectivity index (χ0n) is 11.1. The van der Waals surface area contributed by atoms with Crippen molar-refractivity contribution in [1.82, 2.24) is 10.2 Å². The van der Waals surface area contributed by atoms with E-state index in [-0.39, 0.29) is 36.7 Å². The molecule has 0 saturated carbocycles. The molecule has 0 radical (unpaired) electrons. The molecule has 1 aromatic rings. The number of nitrogens with zero attached hydrogens (tertiary/aromatic N) is 1. The molecule has 1 heterocycles. The van der Waals surface area contributed by atoms with Crippen LogP contribution in [0.3, 0.4) is 0 Å². The lowest BCUT2D eigenvalue weighted by atomic mass is 9.99. The number of nitrogens with one attached hydrogen (secondary N) is 1. The van der Waals surface area contributed by atoms with E-state index in [1.54, 1.807) is 6.07 Å². The Labute approximate surface area is 126 Å². The maximum absolute atomic E-state index is 13.1. The first-order chi connectivity index (χ1) is 8.22. The van der Waals surface area contributed by atoms with Crippen LogP contribution in [0.1, 0.15) is 17.2 Å². The Balaban J connectivity index is 0.00000162. The summed E-state index contributed by atoms with van der Waals surface area (Å²) in [7, 11) is 0.